The summed E-state index contributed by atoms with van der Waals surface area (Å²) in [6, 6.07) is 13.8. The first-order valence-electron chi connectivity index (χ1n) is 7.35. The standard InChI is InChI=1S/C17H13F3N4O/c18-17(19,20)13-8-4-5-11(9-13)10-14(25)21-16-22-15(23-24-16)12-6-2-1-3-7-12/h1-9H,10H2,(H2,21,22,23,24,25). The average Bonchev–Trinajstić information content (AvgIpc) is 3.03. The molecule has 5 nitrogen and oxygen atoms in total. The van der Waals surface area contributed by atoms with E-state index in [2.05, 4.69) is 20.5 Å². The Kier molecular flexibility index (Phi) is 4.51. The van der Waals surface area contributed by atoms with E-state index in [0.717, 1.165) is 17.7 Å². The summed E-state index contributed by atoms with van der Waals surface area (Å²) in [7, 11) is 0. The van der Waals surface area contributed by atoms with Gasteiger partial charge in [0.2, 0.25) is 11.9 Å². The Morgan fingerprint density at radius 1 is 1.08 bits per heavy atom. The van der Waals surface area contributed by atoms with Gasteiger partial charge in [-0.2, -0.15) is 18.2 Å². The van der Waals surface area contributed by atoms with Crippen molar-refractivity contribution in [2.45, 2.75) is 12.6 Å². The fourth-order valence-electron chi connectivity index (χ4n) is 2.25. The van der Waals surface area contributed by atoms with E-state index in [0.29, 0.717) is 5.82 Å². The van der Waals surface area contributed by atoms with Gasteiger partial charge in [-0.1, -0.05) is 48.5 Å². The highest BCUT2D eigenvalue weighted by Gasteiger charge is 2.30. The summed E-state index contributed by atoms with van der Waals surface area (Å²) < 4.78 is 38.1. The van der Waals surface area contributed by atoms with Gasteiger partial charge in [0.1, 0.15) is 0 Å². The molecule has 3 rings (SSSR count). The van der Waals surface area contributed by atoms with Gasteiger partial charge in [-0.25, -0.2) is 0 Å². The summed E-state index contributed by atoms with van der Waals surface area (Å²) >= 11 is 0. The first-order valence-corrected chi connectivity index (χ1v) is 7.35. The zero-order valence-electron chi connectivity index (χ0n) is 12.8. The van der Waals surface area contributed by atoms with E-state index in [1.165, 1.54) is 12.1 Å². The normalized spacial score (nSPS) is 11.3. The largest absolute Gasteiger partial charge is 0.416 e. The van der Waals surface area contributed by atoms with Crippen LogP contribution in [-0.2, 0) is 17.4 Å². The Morgan fingerprint density at radius 3 is 2.56 bits per heavy atom. The smallest absolute Gasteiger partial charge is 0.293 e. The molecule has 0 radical (unpaired) electrons. The van der Waals surface area contributed by atoms with E-state index in [1.54, 1.807) is 0 Å². The number of alkyl halides is 3. The molecule has 128 valence electrons. The summed E-state index contributed by atoms with van der Waals surface area (Å²) in [5, 5.41) is 9.04. The second kappa shape index (κ2) is 6.76. The third-order valence-electron chi connectivity index (χ3n) is 3.40. The number of hydrogen-bond acceptors (Lipinski definition) is 3. The molecule has 0 aliphatic heterocycles. The first kappa shape index (κ1) is 16.7. The van der Waals surface area contributed by atoms with Crippen molar-refractivity contribution in [3.8, 4) is 11.4 Å². The number of hydrogen-bond donors (Lipinski definition) is 2. The van der Waals surface area contributed by atoms with Crippen LogP contribution in [0.4, 0.5) is 19.1 Å². The van der Waals surface area contributed by atoms with Crippen LogP contribution in [0.15, 0.2) is 54.6 Å². The first-order chi connectivity index (χ1) is 11.9. The molecule has 2 aromatic carbocycles. The molecule has 0 unspecified atom stereocenters. The average molecular weight is 346 g/mol. The molecule has 0 aliphatic carbocycles. The Balaban J connectivity index is 1.67. The molecule has 3 aromatic rings. The van der Waals surface area contributed by atoms with Crippen molar-refractivity contribution in [1.29, 1.82) is 0 Å². The maximum atomic E-state index is 12.7. The molecule has 0 atom stereocenters. The minimum absolute atomic E-state index is 0.0656. The molecule has 0 bridgehead atoms. The number of halogens is 3. The molecule has 1 amide bonds. The van der Waals surface area contributed by atoms with Crippen LogP contribution >= 0.6 is 0 Å². The Bertz CT molecular complexity index is 875. The predicted octanol–water partition coefficient (Wildman–Crippen LogP) is 3.67. The highest BCUT2D eigenvalue weighted by molar-refractivity contribution is 5.90. The van der Waals surface area contributed by atoms with Gasteiger partial charge in [-0.3, -0.25) is 15.2 Å². The van der Waals surface area contributed by atoms with Gasteiger partial charge in [-0.05, 0) is 11.6 Å². The van der Waals surface area contributed by atoms with Crippen LogP contribution in [0.25, 0.3) is 11.4 Å². The van der Waals surface area contributed by atoms with Crippen LogP contribution < -0.4 is 5.32 Å². The highest BCUT2D eigenvalue weighted by atomic mass is 19.4. The van der Waals surface area contributed by atoms with Crippen LogP contribution in [-0.4, -0.2) is 21.1 Å². The van der Waals surface area contributed by atoms with E-state index in [9.17, 15) is 18.0 Å². The van der Waals surface area contributed by atoms with Crippen LogP contribution in [0.1, 0.15) is 11.1 Å². The van der Waals surface area contributed by atoms with Crippen LogP contribution in [0.5, 0.6) is 0 Å². The van der Waals surface area contributed by atoms with Crippen LogP contribution in [0.2, 0.25) is 0 Å². The number of anilines is 1. The summed E-state index contributed by atoms with van der Waals surface area (Å²) in [5.74, 6) is 0.0451. The zero-order valence-corrected chi connectivity index (χ0v) is 12.8. The number of benzene rings is 2. The molecule has 0 fully saturated rings. The fraction of sp³-hybridized carbons (Fsp3) is 0.118. The van der Waals surface area contributed by atoms with E-state index < -0.39 is 17.6 Å². The lowest BCUT2D eigenvalue weighted by Crippen LogP contribution is -2.16. The van der Waals surface area contributed by atoms with Gasteiger partial charge in [0.25, 0.3) is 0 Å². The second-order valence-electron chi connectivity index (χ2n) is 5.30. The number of H-pyrrole nitrogens is 1. The number of carbonyl (C=O) groups is 1. The highest BCUT2D eigenvalue weighted by Crippen LogP contribution is 2.29. The molecule has 0 saturated heterocycles. The summed E-state index contributed by atoms with van der Waals surface area (Å²) in [6.07, 6.45) is -4.65. The number of carbonyl (C=O) groups excluding carboxylic acids is 1. The van der Waals surface area contributed by atoms with Crippen molar-refractivity contribution < 1.29 is 18.0 Å². The molecule has 1 heterocycles. The lowest BCUT2D eigenvalue weighted by Gasteiger charge is -2.08. The molecule has 8 heteroatoms. The molecule has 0 spiro atoms. The SMILES string of the molecule is O=C(Cc1cccc(C(F)(F)F)c1)Nc1n[nH]c(-c2ccccc2)n1. The number of nitrogens with one attached hydrogen (secondary N) is 2. The molecule has 1 aromatic heterocycles. The van der Waals surface area contributed by atoms with Crippen molar-refractivity contribution in [2.24, 2.45) is 0 Å². The monoisotopic (exact) mass is 346 g/mol. The van der Waals surface area contributed by atoms with Crippen LogP contribution in [0, 0.1) is 0 Å². The zero-order chi connectivity index (χ0) is 17.9. The van der Waals surface area contributed by atoms with Gasteiger partial charge < -0.3 is 0 Å². The number of aromatic amines is 1. The lowest BCUT2D eigenvalue weighted by molar-refractivity contribution is -0.137. The Labute approximate surface area is 140 Å². The van der Waals surface area contributed by atoms with Crippen molar-refractivity contribution >= 4 is 11.9 Å². The summed E-state index contributed by atoms with van der Waals surface area (Å²) in [5.41, 5.74) is 0.265. The predicted molar refractivity (Wildman–Crippen MR) is 85.6 cm³/mol. The number of rotatable bonds is 4. The van der Waals surface area contributed by atoms with E-state index in [-0.39, 0.29) is 17.9 Å². The summed E-state index contributed by atoms with van der Waals surface area (Å²) in [6.45, 7) is 0. The molecule has 0 saturated carbocycles. The number of aromatic nitrogens is 3. The van der Waals surface area contributed by atoms with E-state index >= 15 is 0 Å². The van der Waals surface area contributed by atoms with Crippen molar-refractivity contribution in [3.05, 3.63) is 65.7 Å². The van der Waals surface area contributed by atoms with E-state index in [4.69, 9.17) is 0 Å². The van der Waals surface area contributed by atoms with Gasteiger partial charge in [-0.15, -0.1) is 5.10 Å². The molecule has 0 aliphatic rings. The molecule has 2 N–H and O–H groups in total. The van der Waals surface area contributed by atoms with E-state index in [1.807, 2.05) is 30.3 Å². The summed E-state index contributed by atoms with van der Waals surface area (Å²) in [4.78, 5) is 16.1. The Morgan fingerprint density at radius 2 is 1.84 bits per heavy atom. The third kappa shape index (κ3) is 4.23. The van der Waals surface area contributed by atoms with Gasteiger partial charge in [0.15, 0.2) is 5.82 Å². The minimum Gasteiger partial charge on any atom is -0.293 e. The fourth-order valence-corrected chi connectivity index (χ4v) is 2.25. The quantitative estimate of drug-likeness (QED) is 0.757. The second-order valence-corrected chi connectivity index (χ2v) is 5.30. The maximum Gasteiger partial charge on any atom is 0.416 e. The third-order valence-corrected chi connectivity index (χ3v) is 3.40. The maximum absolute atomic E-state index is 12.7. The van der Waals surface area contributed by atoms with Gasteiger partial charge in [0, 0.05) is 5.56 Å². The Hall–Kier alpha value is -3.16. The van der Waals surface area contributed by atoms with Crippen LogP contribution in [0.3, 0.4) is 0 Å². The molecule has 25 heavy (non-hydrogen) atoms. The van der Waals surface area contributed by atoms with Crippen molar-refractivity contribution in [1.82, 2.24) is 15.2 Å². The van der Waals surface area contributed by atoms with Gasteiger partial charge >= 0.3 is 6.18 Å². The lowest BCUT2D eigenvalue weighted by atomic mass is 10.1. The van der Waals surface area contributed by atoms with Gasteiger partial charge in [0.05, 0.1) is 12.0 Å². The minimum atomic E-state index is -4.44. The molecular formula is C17H13F3N4O. The number of amides is 1. The topological polar surface area (TPSA) is 70.7 Å². The number of nitrogens with zero attached hydrogens (tertiary/aromatic N) is 2. The van der Waals surface area contributed by atoms with Crippen molar-refractivity contribution in [2.75, 3.05) is 5.32 Å². The van der Waals surface area contributed by atoms with Crippen molar-refractivity contribution in [3.63, 3.8) is 0 Å². The molecular weight excluding hydrogens is 333 g/mol.